The lowest BCUT2D eigenvalue weighted by molar-refractivity contribution is 0.154. The van der Waals surface area contributed by atoms with Crippen molar-refractivity contribution in [2.24, 2.45) is 17.6 Å². The molecule has 2 nitrogen and oxygen atoms in total. The molecule has 0 spiro atoms. The summed E-state index contributed by atoms with van der Waals surface area (Å²) in [6, 6.07) is 10.7. The van der Waals surface area contributed by atoms with Crippen LogP contribution in [-0.2, 0) is 5.41 Å². The van der Waals surface area contributed by atoms with Crippen LogP contribution in [0.5, 0.6) is 0 Å². The summed E-state index contributed by atoms with van der Waals surface area (Å²) in [6.07, 6.45) is 3.61. The SMILES string of the molecule is CC1CCC(C(C)(C)c2cc3ccccc3o2)C(N)C1. The van der Waals surface area contributed by atoms with E-state index in [0.29, 0.717) is 5.92 Å². The second kappa shape index (κ2) is 4.92. The Bertz CT molecular complexity index is 565. The van der Waals surface area contributed by atoms with Gasteiger partial charge in [0.25, 0.3) is 0 Å². The van der Waals surface area contributed by atoms with Crippen LogP contribution in [-0.4, -0.2) is 6.04 Å². The molecule has 1 heterocycles. The highest BCUT2D eigenvalue weighted by atomic mass is 16.3. The summed E-state index contributed by atoms with van der Waals surface area (Å²) in [5.74, 6) is 2.33. The Morgan fingerprint density at radius 2 is 1.95 bits per heavy atom. The number of rotatable bonds is 2. The minimum atomic E-state index is -0.00141. The standard InChI is InChI=1S/C18H25NO/c1-12-8-9-14(15(19)10-12)18(2,3)17-11-13-6-4-5-7-16(13)20-17/h4-7,11-12,14-15H,8-10,19H2,1-3H3. The number of nitrogens with two attached hydrogens (primary N) is 1. The Morgan fingerprint density at radius 3 is 2.65 bits per heavy atom. The van der Waals surface area contributed by atoms with Crippen molar-refractivity contribution in [2.45, 2.75) is 51.5 Å². The van der Waals surface area contributed by atoms with Crippen LogP contribution in [0.2, 0.25) is 0 Å². The number of fused-ring (bicyclic) bond motifs is 1. The van der Waals surface area contributed by atoms with E-state index in [1.54, 1.807) is 0 Å². The second-order valence-electron chi connectivity index (χ2n) is 7.06. The first-order valence-electron chi connectivity index (χ1n) is 7.73. The summed E-state index contributed by atoms with van der Waals surface area (Å²) in [7, 11) is 0. The minimum Gasteiger partial charge on any atom is -0.460 e. The van der Waals surface area contributed by atoms with Gasteiger partial charge in [-0.15, -0.1) is 0 Å². The molecule has 2 N–H and O–H groups in total. The summed E-state index contributed by atoms with van der Waals surface area (Å²) < 4.78 is 6.11. The topological polar surface area (TPSA) is 39.2 Å². The van der Waals surface area contributed by atoms with E-state index in [9.17, 15) is 0 Å². The van der Waals surface area contributed by atoms with Crippen molar-refractivity contribution >= 4 is 11.0 Å². The summed E-state index contributed by atoms with van der Waals surface area (Å²) in [6.45, 7) is 6.88. The van der Waals surface area contributed by atoms with Crippen molar-refractivity contribution in [3.8, 4) is 0 Å². The number of hydrogen-bond donors (Lipinski definition) is 1. The molecular formula is C18H25NO. The first kappa shape index (κ1) is 13.7. The van der Waals surface area contributed by atoms with Crippen LogP contribution < -0.4 is 5.73 Å². The van der Waals surface area contributed by atoms with E-state index in [0.717, 1.165) is 23.7 Å². The van der Waals surface area contributed by atoms with Crippen LogP contribution in [0, 0.1) is 11.8 Å². The molecule has 2 aromatic rings. The molecule has 0 radical (unpaired) electrons. The molecule has 1 saturated carbocycles. The van der Waals surface area contributed by atoms with Crippen molar-refractivity contribution in [1.82, 2.24) is 0 Å². The van der Waals surface area contributed by atoms with E-state index in [2.05, 4.69) is 39.0 Å². The lowest BCUT2D eigenvalue weighted by Crippen LogP contribution is -2.45. The number of furan rings is 1. The zero-order valence-corrected chi connectivity index (χ0v) is 12.7. The maximum Gasteiger partial charge on any atom is 0.134 e. The summed E-state index contributed by atoms with van der Waals surface area (Å²) in [5.41, 5.74) is 7.42. The van der Waals surface area contributed by atoms with Crippen LogP contribution >= 0.6 is 0 Å². The Balaban J connectivity index is 1.94. The molecule has 3 atom stereocenters. The quantitative estimate of drug-likeness (QED) is 0.875. The maximum atomic E-state index is 6.45. The molecule has 2 heteroatoms. The van der Waals surface area contributed by atoms with Gasteiger partial charge in [0.05, 0.1) is 0 Å². The first-order valence-corrected chi connectivity index (χ1v) is 7.73. The number of para-hydroxylation sites is 1. The normalized spacial score (nSPS) is 27.9. The highest BCUT2D eigenvalue weighted by Crippen LogP contribution is 2.43. The summed E-state index contributed by atoms with van der Waals surface area (Å²) >= 11 is 0. The van der Waals surface area contributed by atoms with E-state index >= 15 is 0 Å². The van der Waals surface area contributed by atoms with Crippen molar-refractivity contribution in [3.05, 3.63) is 36.1 Å². The highest BCUT2D eigenvalue weighted by Gasteiger charge is 2.40. The lowest BCUT2D eigenvalue weighted by atomic mass is 9.65. The van der Waals surface area contributed by atoms with Crippen molar-refractivity contribution in [1.29, 1.82) is 0 Å². The first-order chi connectivity index (χ1) is 9.48. The monoisotopic (exact) mass is 271 g/mol. The van der Waals surface area contributed by atoms with Gasteiger partial charge in [0, 0.05) is 16.8 Å². The van der Waals surface area contributed by atoms with Crippen molar-refractivity contribution in [3.63, 3.8) is 0 Å². The molecule has 3 rings (SSSR count). The van der Waals surface area contributed by atoms with E-state index in [4.69, 9.17) is 10.2 Å². The predicted octanol–water partition coefficient (Wildman–Crippen LogP) is 4.47. The van der Waals surface area contributed by atoms with Crippen LogP contribution in [0.1, 0.15) is 45.8 Å². The molecule has 108 valence electrons. The average molecular weight is 271 g/mol. The fourth-order valence-corrected chi connectivity index (χ4v) is 3.80. The maximum absolute atomic E-state index is 6.45. The summed E-state index contributed by atoms with van der Waals surface area (Å²) in [5, 5.41) is 1.19. The van der Waals surface area contributed by atoms with Gasteiger partial charge >= 0.3 is 0 Å². The van der Waals surface area contributed by atoms with Gasteiger partial charge in [0.1, 0.15) is 11.3 Å². The smallest absolute Gasteiger partial charge is 0.134 e. The Labute approximate surface area is 121 Å². The van der Waals surface area contributed by atoms with Crippen LogP contribution in [0.4, 0.5) is 0 Å². The van der Waals surface area contributed by atoms with Gasteiger partial charge in [0.2, 0.25) is 0 Å². The molecule has 1 aliphatic rings. The number of benzene rings is 1. The van der Waals surface area contributed by atoms with Gasteiger partial charge in [-0.25, -0.2) is 0 Å². The molecule has 0 bridgehead atoms. The van der Waals surface area contributed by atoms with Gasteiger partial charge in [-0.1, -0.05) is 45.4 Å². The van der Waals surface area contributed by atoms with Gasteiger partial charge in [0.15, 0.2) is 0 Å². The van der Waals surface area contributed by atoms with Crippen LogP contribution in [0.25, 0.3) is 11.0 Å². The molecule has 1 aromatic carbocycles. The Hall–Kier alpha value is -1.28. The Kier molecular flexibility index (Phi) is 3.37. The second-order valence-corrected chi connectivity index (χ2v) is 7.06. The van der Waals surface area contributed by atoms with E-state index in [1.165, 1.54) is 18.2 Å². The molecule has 20 heavy (non-hydrogen) atoms. The molecular weight excluding hydrogens is 246 g/mol. The zero-order valence-electron chi connectivity index (χ0n) is 12.7. The molecule has 1 aromatic heterocycles. The van der Waals surface area contributed by atoms with Crippen molar-refractivity contribution < 1.29 is 4.42 Å². The van der Waals surface area contributed by atoms with Crippen LogP contribution in [0.15, 0.2) is 34.7 Å². The lowest BCUT2D eigenvalue weighted by Gasteiger charge is -2.41. The van der Waals surface area contributed by atoms with Crippen LogP contribution in [0.3, 0.4) is 0 Å². The zero-order chi connectivity index (χ0) is 14.3. The highest BCUT2D eigenvalue weighted by molar-refractivity contribution is 5.78. The van der Waals surface area contributed by atoms with Gasteiger partial charge in [-0.05, 0) is 36.8 Å². The largest absolute Gasteiger partial charge is 0.460 e. The van der Waals surface area contributed by atoms with Gasteiger partial charge < -0.3 is 10.2 Å². The van der Waals surface area contributed by atoms with Crippen molar-refractivity contribution in [2.75, 3.05) is 0 Å². The molecule has 0 amide bonds. The third-order valence-corrected chi connectivity index (χ3v) is 5.15. The third-order valence-electron chi connectivity index (χ3n) is 5.15. The number of hydrogen-bond acceptors (Lipinski definition) is 2. The molecule has 1 fully saturated rings. The average Bonchev–Trinajstić information content (AvgIpc) is 2.82. The van der Waals surface area contributed by atoms with E-state index in [-0.39, 0.29) is 11.5 Å². The fourth-order valence-electron chi connectivity index (χ4n) is 3.80. The van der Waals surface area contributed by atoms with Gasteiger partial charge in [-0.3, -0.25) is 0 Å². The molecule has 0 aliphatic heterocycles. The minimum absolute atomic E-state index is 0.00141. The molecule has 0 saturated heterocycles. The molecule has 3 unspecified atom stereocenters. The fraction of sp³-hybridized carbons (Fsp3) is 0.556. The third kappa shape index (κ3) is 2.26. The summed E-state index contributed by atoms with van der Waals surface area (Å²) in [4.78, 5) is 0. The van der Waals surface area contributed by atoms with E-state index in [1.807, 2.05) is 12.1 Å². The predicted molar refractivity (Wildman–Crippen MR) is 83.7 cm³/mol. The molecule has 1 aliphatic carbocycles. The van der Waals surface area contributed by atoms with E-state index < -0.39 is 0 Å². The Morgan fingerprint density at radius 1 is 1.20 bits per heavy atom. The van der Waals surface area contributed by atoms with Gasteiger partial charge in [-0.2, -0.15) is 0 Å².